The van der Waals surface area contributed by atoms with E-state index in [2.05, 4.69) is 8.92 Å². The molecule has 102 valence electrons. The molecule has 1 saturated heterocycles. The molecule has 1 aliphatic rings. The lowest BCUT2D eigenvalue weighted by molar-refractivity contribution is -0.385. The van der Waals surface area contributed by atoms with Gasteiger partial charge in [-0.05, 0) is 0 Å². The maximum atomic E-state index is 10.4. The van der Waals surface area contributed by atoms with Crippen LogP contribution in [0.4, 0.5) is 0 Å². The monoisotopic (exact) mass is 276 g/mol. The highest BCUT2D eigenvalue weighted by atomic mass is 32.3. The van der Waals surface area contributed by atoms with E-state index in [0.717, 1.165) is 0 Å². The van der Waals surface area contributed by atoms with E-state index in [9.17, 15) is 28.8 Å². The number of rotatable bonds is 3. The first kappa shape index (κ1) is 14.7. The molecule has 0 radical (unpaired) electrons. The van der Waals surface area contributed by atoms with Crippen molar-refractivity contribution in [1.29, 1.82) is 0 Å². The van der Waals surface area contributed by atoms with Crippen molar-refractivity contribution in [2.75, 3.05) is 6.61 Å². The van der Waals surface area contributed by atoms with Crippen molar-refractivity contribution in [1.82, 2.24) is 0 Å². The van der Waals surface area contributed by atoms with Crippen molar-refractivity contribution in [3.63, 3.8) is 0 Å². The molecule has 0 aromatic carbocycles. The molecule has 0 aromatic rings. The van der Waals surface area contributed by atoms with E-state index < -0.39 is 47.4 Å². The maximum absolute atomic E-state index is 10.4. The summed E-state index contributed by atoms with van der Waals surface area (Å²) in [4.78, 5) is 0. The Labute approximate surface area is 95.6 Å². The number of aliphatic hydroxyl groups excluding tert-OH is 4. The molecule has 5 atom stereocenters. The Bertz CT molecular complexity index is 367. The third kappa shape index (κ3) is 2.90. The van der Waals surface area contributed by atoms with Gasteiger partial charge in [-0.3, -0.25) is 4.55 Å². The van der Waals surface area contributed by atoms with Gasteiger partial charge in [-0.2, -0.15) is 8.42 Å². The van der Waals surface area contributed by atoms with E-state index in [1.165, 1.54) is 0 Å². The zero-order valence-electron chi connectivity index (χ0n) is 8.24. The average molecular weight is 276 g/mol. The Balaban J connectivity index is 3.00. The van der Waals surface area contributed by atoms with E-state index in [1.54, 1.807) is 0 Å². The highest BCUT2D eigenvalue weighted by Crippen LogP contribution is 2.30. The van der Waals surface area contributed by atoms with Gasteiger partial charge < -0.3 is 30.3 Å². The van der Waals surface area contributed by atoms with Crippen molar-refractivity contribution in [3.05, 3.63) is 0 Å². The first-order chi connectivity index (χ1) is 7.62. The third-order valence-corrected chi connectivity index (χ3v) is 2.68. The van der Waals surface area contributed by atoms with Crippen molar-refractivity contribution in [2.45, 2.75) is 30.4 Å². The van der Waals surface area contributed by atoms with Gasteiger partial charge in [-0.15, -0.1) is 0 Å². The molecule has 1 aliphatic heterocycles. The average Bonchev–Trinajstić information content (AvgIpc) is 2.19. The molecule has 0 saturated carbocycles. The van der Waals surface area contributed by atoms with Crippen LogP contribution in [-0.4, -0.2) is 75.5 Å². The summed E-state index contributed by atoms with van der Waals surface area (Å²) in [5.41, 5.74) is 0. The highest BCUT2D eigenvalue weighted by molar-refractivity contribution is 7.80. The second-order valence-electron chi connectivity index (χ2n) is 3.41. The van der Waals surface area contributed by atoms with Gasteiger partial charge in [-0.1, -0.05) is 0 Å². The van der Waals surface area contributed by atoms with Crippen molar-refractivity contribution >= 4 is 10.4 Å². The molecule has 0 bridgehead atoms. The van der Waals surface area contributed by atoms with Gasteiger partial charge >= 0.3 is 10.4 Å². The second-order valence-corrected chi connectivity index (χ2v) is 4.43. The summed E-state index contributed by atoms with van der Waals surface area (Å²) in [5.74, 6) is -3.28. The highest BCUT2D eigenvalue weighted by Gasteiger charge is 2.58. The van der Waals surface area contributed by atoms with Gasteiger partial charge in [0, 0.05) is 0 Å². The SMILES string of the molecule is O=S(=O)(O)O[C@@]1(O)[C@@H](O)O[C@H](CO)[C@@H](O)[C@@H]1O. The smallest absolute Gasteiger partial charge is 0.394 e. The van der Waals surface area contributed by atoms with E-state index in [1.807, 2.05) is 0 Å². The Morgan fingerprint density at radius 1 is 1.29 bits per heavy atom. The Morgan fingerprint density at radius 2 is 1.82 bits per heavy atom. The minimum atomic E-state index is -5.22. The molecule has 0 spiro atoms. The third-order valence-electron chi connectivity index (χ3n) is 2.20. The van der Waals surface area contributed by atoms with Crippen LogP contribution in [0.5, 0.6) is 0 Å². The Kier molecular flexibility index (Phi) is 4.08. The van der Waals surface area contributed by atoms with Gasteiger partial charge in [0.1, 0.15) is 18.3 Å². The minimum Gasteiger partial charge on any atom is -0.394 e. The summed E-state index contributed by atoms with van der Waals surface area (Å²) in [6, 6.07) is 0. The molecular formula is C6H12O10S. The first-order valence-corrected chi connectivity index (χ1v) is 5.69. The molecule has 17 heavy (non-hydrogen) atoms. The standard InChI is InChI=1S/C6H12O10S/c7-1-2-3(8)4(9)6(11,5(10)15-2)16-17(12,13)14/h2-5,7-11H,1H2,(H,12,13,14)/t2-,3-,4+,5+,6-/m1/s1. The van der Waals surface area contributed by atoms with E-state index in [0.29, 0.717) is 0 Å². The van der Waals surface area contributed by atoms with Crippen LogP contribution in [-0.2, 0) is 19.3 Å². The second kappa shape index (κ2) is 4.72. The van der Waals surface area contributed by atoms with Gasteiger partial charge in [-0.25, -0.2) is 4.18 Å². The molecule has 1 fully saturated rings. The predicted octanol–water partition coefficient (Wildman–Crippen LogP) is -4.07. The summed E-state index contributed by atoms with van der Waals surface area (Å²) in [6.45, 7) is -0.808. The van der Waals surface area contributed by atoms with Gasteiger partial charge in [0.25, 0.3) is 5.79 Å². The predicted molar refractivity (Wildman–Crippen MR) is 47.6 cm³/mol. The van der Waals surface area contributed by atoms with Gasteiger partial charge in [0.05, 0.1) is 6.61 Å². The summed E-state index contributed by atoms with van der Waals surface area (Å²) >= 11 is 0. The van der Waals surface area contributed by atoms with E-state index in [-0.39, 0.29) is 0 Å². The molecule has 0 aliphatic carbocycles. The number of hydrogen-bond donors (Lipinski definition) is 6. The fraction of sp³-hybridized carbons (Fsp3) is 1.00. The number of ether oxygens (including phenoxy) is 1. The fourth-order valence-electron chi connectivity index (χ4n) is 1.35. The van der Waals surface area contributed by atoms with E-state index in [4.69, 9.17) is 9.66 Å². The van der Waals surface area contributed by atoms with Gasteiger partial charge in [0.15, 0.2) is 0 Å². The molecule has 10 nitrogen and oxygen atoms in total. The van der Waals surface area contributed by atoms with Crippen molar-refractivity contribution in [3.8, 4) is 0 Å². The van der Waals surface area contributed by atoms with Crippen LogP contribution in [0.25, 0.3) is 0 Å². The van der Waals surface area contributed by atoms with Crippen LogP contribution >= 0.6 is 0 Å². The summed E-state index contributed by atoms with van der Waals surface area (Å²) < 4.78 is 37.3. The molecule has 6 N–H and O–H groups in total. The fourth-order valence-corrected chi connectivity index (χ4v) is 1.87. The van der Waals surface area contributed by atoms with Crippen molar-refractivity contribution in [2.24, 2.45) is 0 Å². The van der Waals surface area contributed by atoms with E-state index >= 15 is 0 Å². The van der Waals surface area contributed by atoms with Crippen LogP contribution in [0, 0.1) is 0 Å². The quantitative estimate of drug-likeness (QED) is 0.220. The van der Waals surface area contributed by atoms with Crippen LogP contribution in [0.1, 0.15) is 0 Å². The normalized spacial score (nSPS) is 43.6. The van der Waals surface area contributed by atoms with Crippen LogP contribution < -0.4 is 0 Å². The van der Waals surface area contributed by atoms with Gasteiger partial charge in [0.2, 0.25) is 6.29 Å². The van der Waals surface area contributed by atoms with Crippen LogP contribution in [0.2, 0.25) is 0 Å². The lowest BCUT2D eigenvalue weighted by Gasteiger charge is -2.43. The summed E-state index contributed by atoms with van der Waals surface area (Å²) in [5, 5.41) is 46.1. The Morgan fingerprint density at radius 3 is 2.24 bits per heavy atom. The summed E-state index contributed by atoms with van der Waals surface area (Å²) in [7, 11) is -5.22. The zero-order chi connectivity index (χ0) is 13.4. The molecular weight excluding hydrogens is 264 g/mol. The Hall–Kier alpha value is -0.370. The topological polar surface area (TPSA) is 174 Å². The lowest BCUT2D eigenvalue weighted by atomic mass is 9.96. The molecule has 0 unspecified atom stereocenters. The molecule has 11 heteroatoms. The number of aliphatic hydroxyl groups is 5. The molecule has 0 aromatic heterocycles. The first-order valence-electron chi connectivity index (χ1n) is 4.32. The van der Waals surface area contributed by atoms with Crippen LogP contribution in [0.3, 0.4) is 0 Å². The number of hydrogen-bond acceptors (Lipinski definition) is 9. The molecule has 1 heterocycles. The maximum Gasteiger partial charge on any atom is 0.400 e. The largest absolute Gasteiger partial charge is 0.400 e. The molecule has 1 rings (SSSR count). The summed E-state index contributed by atoms with van der Waals surface area (Å²) in [6.07, 6.45) is -8.12. The molecule has 0 amide bonds. The zero-order valence-corrected chi connectivity index (χ0v) is 9.06. The minimum absolute atomic E-state index is 0.808. The van der Waals surface area contributed by atoms with Crippen LogP contribution in [0.15, 0.2) is 0 Å². The van der Waals surface area contributed by atoms with Crippen molar-refractivity contribution < 1.29 is 47.4 Å². The lowest BCUT2D eigenvalue weighted by Crippen LogP contribution is -2.68.